The van der Waals surface area contributed by atoms with E-state index in [0.717, 1.165) is 17.7 Å². The van der Waals surface area contributed by atoms with E-state index in [-0.39, 0.29) is 12.5 Å². The molecule has 0 aliphatic heterocycles. The number of hydrogen-bond acceptors (Lipinski definition) is 4. The van der Waals surface area contributed by atoms with E-state index in [1.54, 1.807) is 37.6 Å². The van der Waals surface area contributed by atoms with Crippen LogP contribution in [0, 0.1) is 0 Å². The van der Waals surface area contributed by atoms with E-state index < -0.39 is 0 Å². The van der Waals surface area contributed by atoms with Crippen molar-refractivity contribution < 1.29 is 14.3 Å². The SMILES string of the molecule is CCc1cn[nH]c1NC(=O)COc1ccc(OC)cc1. The van der Waals surface area contributed by atoms with Crippen LogP contribution in [0.15, 0.2) is 30.5 Å². The molecule has 0 radical (unpaired) electrons. The maximum atomic E-state index is 11.8. The summed E-state index contributed by atoms with van der Waals surface area (Å²) in [5, 5.41) is 9.36. The number of hydrogen-bond donors (Lipinski definition) is 2. The molecule has 106 valence electrons. The zero-order valence-corrected chi connectivity index (χ0v) is 11.5. The summed E-state index contributed by atoms with van der Waals surface area (Å²) < 4.78 is 10.4. The van der Waals surface area contributed by atoms with Gasteiger partial charge in [-0.05, 0) is 30.7 Å². The second-order valence-electron chi connectivity index (χ2n) is 4.14. The van der Waals surface area contributed by atoms with Crippen molar-refractivity contribution in [3.63, 3.8) is 0 Å². The van der Waals surface area contributed by atoms with E-state index in [9.17, 15) is 4.79 Å². The van der Waals surface area contributed by atoms with Crippen molar-refractivity contribution in [3.8, 4) is 11.5 Å². The number of ether oxygens (including phenoxy) is 2. The Morgan fingerprint density at radius 1 is 1.30 bits per heavy atom. The molecule has 0 aliphatic rings. The molecule has 0 fully saturated rings. The van der Waals surface area contributed by atoms with Crippen LogP contribution in [-0.4, -0.2) is 29.8 Å². The number of rotatable bonds is 6. The Balaban J connectivity index is 1.85. The summed E-state index contributed by atoms with van der Waals surface area (Å²) in [5.74, 6) is 1.74. The number of methoxy groups -OCH3 is 1. The van der Waals surface area contributed by atoms with Gasteiger partial charge in [-0.15, -0.1) is 0 Å². The van der Waals surface area contributed by atoms with Crippen LogP contribution in [0.2, 0.25) is 0 Å². The number of nitrogens with zero attached hydrogens (tertiary/aromatic N) is 1. The van der Waals surface area contributed by atoms with Crippen molar-refractivity contribution in [1.82, 2.24) is 10.2 Å². The molecule has 20 heavy (non-hydrogen) atoms. The first-order valence-corrected chi connectivity index (χ1v) is 6.32. The van der Waals surface area contributed by atoms with E-state index in [1.807, 2.05) is 6.92 Å². The van der Waals surface area contributed by atoms with Crippen LogP contribution in [-0.2, 0) is 11.2 Å². The van der Waals surface area contributed by atoms with Crippen LogP contribution in [0.5, 0.6) is 11.5 Å². The van der Waals surface area contributed by atoms with Gasteiger partial charge in [0.05, 0.1) is 13.3 Å². The third-order valence-electron chi connectivity index (χ3n) is 2.79. The van der Waals surface area contributed by atoms with Gasteiger partial charge in [0.2, 0.25) is 0 Å². The lowest BCUT2D eigenvalue weighted by Crippen LogP contribution is -2.21. The van der Waals surface area contributed by atoms with Gasteiger partial charge < -0.3 is 14.8 Å². The van der Waals surface area contributed by atoms with Crippen LogP contribution in [0.1, 0.15) is 12.5 Å². The predicted octanol–water partition coefficient (Wildman–Crippen LogP) is 2.00. The number of aryl methyl sites for hydroxylation is 1. The number of amides is 1. The first-order chi connectivity index (χ1) is 9.72. The summed E-state index contributed by atoms with van der Waals surface area (Å²) in [4.78, 5) is 11.8. The van der Waals surface area contributed by atoms with E-state index in [1.165, 1.54) is 0 Å². The molecule has 2 aromatic rings. The van der Waals surface area contributed by atoms with Gasteiger partial charge in [0.1, 0.15) is 17.3 Å². The quantitative estimate of drug-likeness (QED) is 0.845. The topological polar surface area (TPSA) is 76.2 Å². The van der Waals surface area contributed by atoms with Crippen molar-refractivity contribution in [3.05, 3.63) is 36.0 Å². The van der Waals surface area contributed by atoms with E-state index in [2.05, 4.69) is 15.5 Å². The van der Waals surface area contributed by atoms with Gasteiger partial charge >= 0.3 is 0 Å². The monoisotopic (exact) mass is 275 g/mol. The zero-order valence-electron chi connectivity index (χ0n) is 11.5. The Morgan fingerprint density at radius 3 is 2.65 bits per heavy atom. The van der Waals surface area contributed by atoms with Crippen LogP contribution >= 0.6 is 0 Å². The first kappa shape index (κ1) is 13.9. The number of nitrogens with one attached hydrogen (secondary N) is 2. The maximum absolute atomic E-state index is 11.8. The molecule has 6 nitrogen and oxygen atoms in total. The number of aromatic amines is 1. The van der Waals surface area contributed by atoms with Gasteiger partial charge in [0.25, 0.3) is 5.91 Å². The number of benzene rings is 1. The van der Waals surface area contributed by atoms with Crippen molar-refractivity contribution in [2.75, 3.05) is 19.0 Å². The molecular formula is C14H17N3O3. The Bertz CT molecular complexity index is 563. The highest BCUT2D eigenvalue weighted by atomic mass is 16.5. The fourth-order valence-electron chi connectivity index (χ4n) is 1.68. The summed E-state index contributed by atoms with van der Waals surface area (Å²) in [6.45, 7) is 1.93. The van der Waals surface area contributed by atoms with Gasteiger partial charge in [-0.3, -0.25) is 9.89 Å². The summed E-state index contributed by atoms with van der Waals surface area (Å²) in [5.41, 5.74) is 0.961. The normalized spacial score (nSPS) is 10.1. The fourth-order valence-corrected chi connectivity index (χ4v) is 1.68. The number of carbonyl (C=O) groups is 1. The molecule has 1 aromatic heterocycles. The Hall–Kier alpha value is -2.50. The molecule has 2 rings (SSSR count). The molecule has 1 amide bonds. The van der Waals surface area contributed by atoms with E-state index >= 15 is 0 Å². The second-order valence-corrected chi connectivity index (χ2v) is 4.14. The standard InChI is InChI=1S/C14H17N3O3/c1-3-10-8-15-17-14(10)16-13(18)9-20-12-6-4-11(19-2)5-7-12/h4-8H,3,9H2,1-2H3,(H2,15,16,17,18). The highest BCUT2D eigenvalue weighted by Gasteiger charge is 2.08. The van der Waals surface area contributed by atoms with Crippen LogP contribution in [0.4, 0.5) is 5.82 Å². The molecule has 0 aliphatic carbocycles. The Labute approximate surface area is 117 Å². The van der Waals surface area contributed by atoms with Gasteiger partial charge in [0.15, 0.2) is 6.61 Å². The summed E-state index contributed by atoms with van der Waals surface area (Å²) in [6.07, 6.45) is 2.49. The molecule has 1 aromatic carbocycles. The van der Waals surface area contributed by atoms with Crippen LogP contribution in [0.3, 0.4) is 0 Å². The predicted molar refractivity (Wildman–Crippen MR) is 75.1 cm³/mol. The fraction of sp³-hybridized carbons (Fsp3) is 0.286. The number of H-pyrrole nitrogens is 1. The lowest BCUT2D eigenvalue weighted by Gasteiger charge is -2.07. The molecule has 0 spiro atoms. The Morgan fingerprint density at radius 2 is 2.00 bits per heavy atom. The highest BCUT2D eigenvalue weighted by Crippen LogP contribution is 2.17. The molecule has 6 heteroatoms. The molecule has 0 bridgehead atoms. The third kappa shape index (κ3) is 3.50. The lowest BCUT2D eigenvalue weighted by molar-refractivity contribution is -0.118. The lowest BCUT2D eigenvalue weighted by atomic mass is 10.2. The zero-order chi connectivity index (χ0) is 14.4. The maximum Gasteiger partial charge on any atom is 0.263 e. The minimum atomic E-state index is -0.236. The summed E-state index contributed by atoms with van der Waals surface area (Å²) in [7, 11) is 1.60. The van der Waals surface area contributed by atoms with Crippen LogP contribution in [0.25, 0.3) is 0 Å². The van der Waals surface area contributed by atoms with Crippen molar-refractivity contribution in [1.29, 1.82) is 0 Å². The van der Waals surface area contributed by atoms with Gasteiger partial charge in [-0.1, -0.05) is 6.92 Å². The highest BCUT2D eigenvalue weighted by molar-refractivity contribution is 5.91. The molecular weight excluding hydrogens is 258 g/mol. The Kier molecular flexibility index (Phi) is 4.60. The average Bonchev–Trinajstić information content (AvgIpc) is 2.92. The van der Waals surface area contributed by atoms with E-state index in [0.29, 0.717) is 11.6 Å². The molecule has 0 unspecified atom stereocenters. The largest absolute Gasteiger partial charge is 0.497 e. The molecule has 2 N–H and O–H groups in total. The molecule has 0 atom stereocenters. The van der Waals surface area contributed by atoms with Crippen LogP contribution < -0.4 is 14.8 Å². The second kappa shape index (κ2) is 6.60. The van der Waals surface area contributed by atoms with E-state index in [4.69, 9.17) is 9.47 Å². The minimum Gasteiger partial charge on any atom is -0.497 e. The molecule has 0 saturated heterocycles. The third-order valence-corrected chi connectivity index (χ3v) is 2.79. The summed E-state index contributed by atoms with van der Waals surface area (Å²) >= 11 is 0. The average molecular weight is 275 g/mol. The minimum absolute atomic E-state index is 0.0610. The molecule has 1 heterocycles. The van der Waals surface area contributed by atoms with Gasteiger partial charge in [-0.2, -0.15) is 5.10 Å². The smallest absolute Gasteiger partial charge is 0.263 e. The molecule has 0 saturated carbocycles. The van der Waals surface area contributed by atoms with Crippen molar-refractivity contribution >= 4 is 11.7 Å². The number of carbonyl (C=O) groups excluding carboxylic acids is 1. The number of aromatic nitrogens is 2. The first-order valence-electron chi connectivity index (χ1n) is 6.32. The van der Waals surface area contributed by atoms with Gasteiger partial charge in [-0.25, -0.2) is 0 Å². The van der Waals surface area contributed by atoms with Crippen molar-refractivity contribution in [2.45, 2.75) is 13.3 Å². The number of anilines is 1. The van der Waals surface area contributed by atoms with Gasteiger partial charge in [0, 0.05) is 5.56 Å². The summed E-state index contributed by atoms with van der Waals surface area (Å²) in [6, 6.07) is 7.05. The van der Waals surface area contributed by atoms with Crippen molar-refractivity contribution in [2.24, 2.45) is 0 Å².